The Balaban J connectivity index is 0.841. The maximum absolute atomic E-state index is 13.0. The average Bonchev–Trinajstić information content (AvgIpc) is 3.52. The van der Waals surface area contributed by atoms with Gasteiger partial charge < -0.3 is 39.8 Å². The number of carbonyl (C=O) groups is 3. The SMILES string of the molecule is COc1cc(N2CCC(NCCCCOc3ccc4c(c3)CN(C3CCC(=O)NC3=O)C4=O)CC2)ccc1Nc1ncc(Cl)c(Nc2ccccc2P(C)(C)=O)n1. The van der Waals surface area contributed by atoms with E-state index in [9.17, 15) is 18.9 Å². The molecular weight excluding hydrogens is 767 g/mol. The fourth-order valence-corrected chi connectivity index (χ4v) is 8.79. The highest BCUT2D eigenvalue weighted by molar-refractivity contribution is 7.70. The van der Waals surface area contributed by atoms with Gasteiger partial charge in [-0.2, -0.15) is 4.98 Å². The molecule has 0 bridgehead atoms. The maximum atomic E-state index is 13.0. The van der Waals surface area contributed by atoms with E-state index in [1.165, 1.54) is 6.20 Å². The van der Waals surface area contributed by atoms with Crippen LogP contribution in [-0.2, 0) is 20.7 Å². The lowest BCUT2D eigenvalue weighted by molar-refractivity contribution is -0.136. The van der Waals surface area contributed by atoms with Gasteiger partial charge in [0, 0.05) is 54.7 Å². The summed E-state index contributed by atoms with van der Waals surface area (Å²) in [5.41, 5.74) is 3.88. The molecule has 2 saturated heterocycles. The third-order valence-electron chi connectivity index (χ3n) is 10.5. The van der Waals surface area contributed by atoms with Gasteiger partial charge in [0.15, 0.2) is 5.82 Å². The lowest BCUT2D eigenvalue weighted by atomic mass is 10.0. The molecule has 0 spiro atoms. The van der Waals surface area contributed by atoms with Crippen LogP contribution in [0.4, 0.5) is 28.8 Å². The van der Waals surface area contributed by atoms with Crippen molar-refractivity contribution >= 4 is 70.6 Å². The molecule has 300 valence electrons. The molecule has 1 aromatic heterocycles. The summed E-state index contributed by atoms with van der Waals surface area (Å²) >= 11 is 6.46. The van der Waals surface area contributed by atoms with Crippen molar-refractivity contribution in [3.8, 4) is 11.5 Å². The number of nitrogens with one attached hydrogen (secondary N) is 4. The van der Waals surface area contributed by atoms with E-state index in [4.69, 9.17) is 21.1 Å². The number of rotatable bonds is 15. The number of nitrogens with zero attached hydrogens (tertiary/aromatic N) is 4. The van der Waals surface area contributed by atoms with E-state index in [1.807, 2.05) is 42.5 Å². The molecule has 4 aromatic rings. The van der Waals surface area contributed by atoms with Crippen LogP contribution in [0.1, 0.15) is 54.4 Å². The van der Waals surface area contributed by atoms with Crippen molar-refractivity contribution < 1.29 is 28.4 Å². The van der Waals surface area contributed by atoms with Crippen LogP contribution >= 0.6 is 18.7 Å². The standard InChI is InChI=1S/C41H48ClN8O6P/c1-55-35-23-28(10-13-32(35)46-41-44-24-31(42)38(48-41)45-33-8-4-5-9-36(33)57(2,3)54)49-19-16-27(17-20-49)43-18-6-7-21-56-29-11-12-30-26(22-29)25-50(40(30)53)34-14-15-37(51)47-39(34)52/h4-5,8-13,22-24,27,34,43H,6-7,14-21,25H2,1-3H3,(H,47,51,52)(H2,44,45,46,48). The van der Waals surface area contributed by atoms with Crippen LogP contribution in [0.15, 0.2) is 66.9 Å². The molecule has 4 N–H and O–H groups in total. The highest BCUT2D eigenvalue weighted by Gasteiger charge is 2.39. The molecule has 4 heterocycles. The number of carbonyl (C=O) groups excluding carboxylic acids is 3. The van der Waals surface area contributed by atoms with Gasteiger partial charge in [-0.3, -0.25) is 19.7 Å². The van der Waals surface area contributed by atoms with Crippen molar-refractivity contribution in [1.82, 2.24) is 25.5 Å². The highest BCUT2D eigenvalue weighted by atomic mass is 35.5. The van der Waals surface area contributed by atoms with Crippen LogP contribution in [-0.4, -0.2) is 91.4 Å². The quantitative estimate of drug-likeness (QED) is 0.0624. The Bertz CT molecular complexity index is 2190. The first kappa shape index (κ1) is 40.0. The van der Waals surface area contributed by atoms with E-state index in [0.717, 1.165) is 56.6 Å². The molecule has 3 aliphatic rings. The van der Waals surface area contributed by atoms with E-state index in [1.54, 1.807) is 37.5 Å². The van der Waals surface area contributed by atoms with E-state index < -0.39 is 19.1 Å². The third-order valence-corrected chi connectivity index (χ3v) is 12.4. The number of imide groups is 1. The number of halogens is 1. The van der Waals surface area contributed by atoms with Crippen LogP contribution < -0.4 is 40.9 Å². The van der Waals surface area contributed by atoms with Gasteiger partial charge in [-0.1, -0.05) is 23.7 Å². The summed E-state index contributed by atoms with van der Waals surface area (Å²) in [4.78, 5) is 49.7. The molecule has 0 aliphatic carbocycles. The molecule has 0 saturated carbocycles. The number of fused-ring (bicyclic) bond motifs is 1. The van der Waals surface area contributed by atoms with Crippen LogP contribution in [0.5, 0.6) is 11.5 Å². The van der Waals surface area contributed by atoms with Crippen molar-refractivity contribution in [3.63, 3.8) is 0 Å². The molecule has 2 fully saturated rings. The van der Waals surface area contributed by atoms with E-state index >= 15 is 0 Å². The molecule has 7 rings (SSSR count). The fraction of sp³-hybridized carbons (Fsp3) is 0.390. The zero-order chi connectivity index (χ0) is 40.1. The van der Waals surface area contributed by atoms with Gasteiger partial charge in [-0.25, -0.2) is 4.98 Å². The molecule has 0 radical (unpaired) electrons. The van der Waals surface area contributed by atoms with Crippen LogP contribution in [0.3, 0.4) is 0 Å². The minimum atomic E-state index is -2.55. The number of amides is 3. The predicted octanol–water partition coefficient (Wildman–Crippen LogP) is 6.05. The fourth-order valence-electron chi connectivity index (χ4n) is 7.50. The monoisotopic (exact) mass is 814 g/mol. The summed E-state index contributed by atoms with van der Waals surface area (Å²) in [6, 6.07) is 18.7. The third kappa shape index (κ3) is 9.52. The van der Waals surface area contributed by atoms with Gasteiger partial charge in [-0.15, -0.1) is 0 Å². The van der Waals surface area contributed by atoms with Crippen molar-refractivity contribution in [2.24, 2.45) is 0 Å². The lowest BCUT2D eigenvalue weighted by Gasteiger charge is -2.34. The highest BCUT2D eigenvalue weighted by Crippen LogP contribution is 2.39. The molecule has 3 aromatic carbocycles. The second-order valence-corrected chi connectivity index (χ2v) is 18.5. The average molecular weight is 815 g/mol. The summed E-state index contributed by atoms with van der Waals surface area (Å²) < 4.78 is 24.7. The number of anilines is 5. The minimum Gasteiger partial charge on any atom is -0.494 e. The van der Waals surface area contributed by atoms with Crippen molar-refractivity contribution in [3.05, 3.63) is 83.0 Å². The number of hydrogen-bond donors (Lipinski definition) is 4. The van der Waals surface area contributed by atoms with Crippen molar-refractivity contribution in [2.45, 2.75) is 57.2 Å². The van der Waals surface area contributed by atoms with E-state index in [2.05, 4.69) is 42.2 Å². The Hall–Kier alpha value is -5.17. The smallest absolute Gasteiger partial charge is 0.255 e. The zero-order valence-corrected chi connectivity index (χ0v) is 34.0. The summed E-state index contributed by atoms with van der Waals surface area (Å²) in [6.45, 7) is 7.08. The zero-order valence-electron chi connectivity index (χ0n) is 32.3. The first-order chi connectivity index (χ1) is 27.5. The topological polar surface area (TPSA) is 167 Å². The molecule has 3 amide bonds. The molecule has 57 heavy (non-hydrogen) atoms. The summed E-state index contributed by atoms with van der Waals surface area (Å²) in [7, 11) is -0.909. The number of aromatic nitrogens is 2. The molecule has 14 nitrogen and oxygen atoms in total. The summed E-state index contributed by atoms with van der Waals surface area (Å²) in [5, 5.41) is 13.6. The van der Waals surface area contributed by atoms with Gasteiger partial charge in [0.1, 0.15) is 29.7 Å². The van der Waals surface area contributed by atoms with Crippen LogP contribution in [0, 0.1) is 0 Å². The Morgan fingerprint density at radius 3 is 2.54 bits per heavy atom. The second kappa shape index (κ2) is 17.5. The first-order valence-corrected chi connectivity index (χ1v) is 22.2. The van der Waals surface area contributed by atoms with Crippen LogP contribution in [0.25, 0.3) is 0 Å². The van der Waals surface area contributed by atoms with Gasteiger partial charge in [0.05, 0.1) is 31.3 Å². The maximum Gasteiger partial charge on any atom is 0.255 e. The summed E-state index contributed by atoms with van der Waals surface area (Å²) in [6.07, 6.45) is 5.99. The predicted molar refractivity (Wildman–Crippen MR) is 223 cm³/mol. The van der Waals surface area contributed by atoms with Gasteiger partial charge >= 0.3 is 0 Å². The van der Waals surface area contributed by atoms with Gasteiger partial charge in [-0.05, 0) is 100 Å². The Morgan fingerprint density at radius 2 is 1.77 bits per heavy atom. The Morgan fingerprint density at radius 1 is 0.965 bits per heavy atom. The lowest BCUT2D eigenvalue weighted by Crippen LogP contribution is -2.52. The van der Waals surface area contributed by atoms with E-state index in [0.29, 0.717) is 76.1 Å². The van der Waals surface area contributed by atoms with Gasteiger partial charge in [0.25, 0.3) is 5.91 Å². The van der Waals surface area contributed by atoms with Crippen molar-refractivity contribution in [1.29, 1.82) is 0 Å². The normalized spacial score (nSPS) is 17.3. The number of para-hydroxylation sites is 1. The number of ether oxygens (including phenoxy) is 2. The Kier molecular flexibility index (Phi) is 12.3. The number of unbranched alkanes of at least 4 members (excludes halogenated alkanes) is 1. The molecule has 1 unspecified atom stereocenters. The molecule has 3 aliphatic heterocycles. The molecular formula is C41H48ClN8O6P. The molecule has 1 atom stereocenters. The van der Waals surface area contributed by atoms with Crippen molar-refractivity contribution in [2.75, 3.05) is 62.2 Å². The minimum absolute atomic E-state index is 0.186. The Labute approximate surface area is 337 Å². The van der Waals surface area contributed by atoms with Gasteiger partial charge in [0.2, 0.25) is 17.8 Å². The van der Waals surface area contributed by atoms with Crippen LogP contribution in [0.2, 0.25) is 5.02 Å². The number of benzene rings is 3. The second-order valence-electron chi connectivity index (χ2n) is 14.9. The summed E-state index contributed by atoms with van der Waals surface area (Å²) in [5.74, 6) is 1.20. The largest absolute Gasteiger partial charge is 0.494 e. The molecule has 16 heteroatoms. The number of hydrogen-bond acceptors (Lipinski definition) is 12. The van der Waals surface area contributed by atoms with E-state index in [-0.39, 0.29) is 18.2 Å². The number of methoxy groups -OCH3 is 1. The first-order valence-electron chi connectivity index (χ1n) is 19.2. The number of piperidine rings is 2.